The summed E-state index contributed by atoms with van der Waals surface area (Å²) in [7, 11) is 0. The Morgan fingerprint density at radius 1 is 1.22 bits per heavy atom. The number of pyridine rings is 1. The van der Waals surface area contributed by atoms with Gasteiger partial charge in [0.05, 0.1) is 23.8 Å². The predicted octanol–water partition coefficient (Wildman–Crippen LogP) is 3.49. The SMILES string of the molecule is O=C([C@H]1CC[C@H](NC(O)c2cnc3cc(OC(F)F)c(Cl)cc3c2)CC1)N1CCOCC1. The van der Waals surface area contributed by atoms with E-state index in [1.54, 1.807) is 6.07 Å². The van der Waals surface area contributed by atoms with Crippen molar-refractivity contribution < 1.29 is 28.2 Å². The lowest BCUT2D eigenvalue weighted by atomic mass is 9.85. The number of halogens is 3. The number of benzene rings is 1. The highest BCUT2D eigenvalue weighted by molar-refractivity contribution is 6.32. The average molecular weight is 470 g/mol. The van der Waals surface area contributed by atoms with Crippen LogP contribution in [0.2, 0.25) is 5.02 Å². The molecular formula is C22H26ClF2N3O4. The van der Waals surface area contributed by atoms with E-state index < -0.39 is 12.8 Å². The first kappa shape index (κ1) is 23.1. The van der Waals surface area contributed by atoms with Crippen LogP contribution in [0, 0.1) is 5.92 Å². The zero-order valence-corrected chi connectivity index (χ0v) is 18.2. The first-order chi connectivity index (χ1) is 15.4. The van der Waals surface area contributed by atoms with Crippen LogP contribution in [0.25, 0.3) is 10.9 Å². The number of ether oxygens (including phenoxy) is 2. The summed E-state index contributed by atoms with van der Waals surface area (Å²) < 4.78 is 34.7. The maximum atomic E-state index is 12.7. The number of aliphatic hydroxyl groups excluding tert-OH is 1. The van der Waals surface area contributed by atoms with Gasteiger partial charge in [0.2, 0.25) is 5.91 Å². The third kappa shape index (κ3) is 5.46. The second kappa shape index (κ2) is 10.2. The summed E-state index contributed by atoms with van der Waals surface area (Å²) in [5.41, 5.74) is 0.978. The lowest BCUT2D eigenvalue weighted by Crippen LogP contribution is -2.45. The van der Waals surface area contributed by atoms with Gasteiger partial charge < -0.3 is 19.5 Å². The summed E-state index contributed by atoms with van der Waals surface area (Å²) in [6.45, 7) is -0.468. The fourth-order valence-corrected chi connectivity index (χ4v) is 4.57. The summed E-state index contributed by atoms with van der Waals surface area (Å²) in [6, 6.07) is 4.63. The minimum Gasteiger partial charge on any atom is -0.433 e. The molecule has 1 unspecified atom stereocenters. The van der Waals surface area contributed by atoms with E-state index in [-0.39, 0.29) is 28.6 Å². The molecule has 1 amide bonds. The number of rotatable bonds is 6. The Hall–Kier alpha value is -2.07. The second-order valence-corrected chi connectivity index (χ2v) is 8.59. The van der Waals surface area contributed by atoms with Crippen molar-refractivity contribution in [1.82, 2.24) is 15.2 Å². The molecule has 0 spiro atoms. The van der Waals surface area contributed by atoms with Crippen molar-refractivity contribution in [2.24, 2.45) is 5.92 Å². The molecule has 32 heavy (non-hydrogen) atoms. The summed E-state index contributed by atoms with van der Waals surface area (Å²) >= 11 is 6.03. The Kier molecular flexibility index (Phi) is 7.40. The Balaban J connectivity index is 1.34. The Bertz CT molecular complexity index is 950. The van der Waals surface area contributed by atoms with Crippen LogP contribution < -0.4 is 10.1 Å². The molecule has 7 nitrogen and oxygen atoms in total. The molecule has 174 valence electrons. The topological polar surface area (TPSA) is 83.9 Å². The van der Waals surface area contributed by atoms with Gasteiger partial charge >= 0.3 is 6.61 Å². The number of hydrogen-bond acceptors (Lipinski definition) is 6. The summed E-state index contributed by atoms with van der Waals surface area (Å²) in [4.78, 5) is 18.8. The molecule has 0 radical (unpaired) electrons. The lowest BCUT2D eigenvalue weighted by Gasteiger charge is -2.34. The quantitative estimate of drug-likeness (QED) is 0.630. The average Bonchev–Trinajstić information content (AvgIpc) is 2.79. The standard InChI is InChI=1S/C22H26ClF2N3O4/c23-17-10-14-9-15(12-26-18(14)11-19(17)32-22(24)25)20(29)27-16-3-1-13(2-4-16)21(30)28-5-7-31-8-6-28/h9-13,16,20,22,27,29H,1-8H2/t13-,16-,20?. The molecule has 10 heteroatoms. The maximum absolute atomic E-state index is 12.7. The lowest BCUT2D eigenvalue weighted by molar-refractivity contribution is -0.140. The monoisotopic (exact) mass is 469 g/mol. The van der Waals surface area contributed by atoms with E-state index in [0.29, 0.717) is 42.8 Å². The summed E-state index contributed by atoms with van der Waals surface area (Å²) in [5, 5.41) is 14.5. The third-order valence-electron chi connectivity index (χ3n) is 6.08. The van der Waals surface area contributed by atoms with Crippen LogP contribution in [0.15, 0.2) is 24.4 Å². The fraction of sp³-hybridized carbons (Fsp3) is 0.545. The summed E-state index contributed by atoms with van der Waals surface area (Å²) in [5.74, 6) is 0.0898. The van der Waals surface area contributed by atoms with Gasteiger partial charge in [-0.3, -0.25) is 15.1 Å². The third-order valence-corrected chi connectivity index (χ3v) is 6.38. The second-order valence-electron chi connectivity index (χ2n) is 8.18. The van der Waals surface area contributed by atoms with Gasteiger partial charge in [0.1, 0.15) is 12.0 Å². The van der Waals surface area contributed by atoms with E-state index in [0.717, 1.165) is 25.7 Å². The smallest absolute Gasteiger partial charge is 0.387 e. The van der Waals surface area contributed by atoms with Crippen molar-refractivity contribution in [2.75, 3.05) is 26.3 Å². The van der Waals surface area contributed by atoms with Gasteiger partial charge in [-0.25, -0.2) is 0 Å². The number of morpholine rings is 1. The van der Waals surface area contributed by atoms with Gasteiger partial charge in [0.25, 0.3) is 0 Å². The van der Waals surface area contributed by atoms with E-state index in [1.807, 2.05) is 4.90 Å². The molecule has 1 saturated carbocycles. The van der Waals surface area contributed by atoms with Crippen LogP contribution in [-0.2, 0) is 9.53 Å². The predicted molar refractivity (Wildman–Crippen MR) is 115 cm³/mol. The highest BCUT2D eigenvalue weighted by Gasteiger charge is 2.31. The molecule has 2 heterocycles. The van der Waals surface area contributed by atoms with E-state index in [4.69, 9.17) is 16.3 Å². The van der Waals surface area contributed by atoms with Gasteiger partial charge in [-0.15, -0.1) is 0 Å². The molecule has 1 aromatic carbocycles. The number of fused-ring (bicyclic) bond motifs is 1. The zero-order valence-electron chi connectivity index (χ0n) is 17.5. The zero-order chi connectivity index (χ0) is 22.7. The van der Waals surface area contributed by atoms with E-state index in [2.05, 4.69) is 15.0 Å². The highest BCUT2D eigenvalue weighted by Crippen LogP contribution is 2.32. The number of nitrogens with zero attached hydrogens (tertiary/aromatic N) is 2. The van der Waals surface area contributed by atoms with Crippen LogP contribution in [0.1, 0.15) is 37.5 Å². The molecule has 2 aromatic rings. The van der Waals surface area contributed by atoms with Crippen molar-refractivity contribution in [3.63, 3.8) is 0 Å². The molecule has 1 saturated heterocycles. The number of aliphatic hydroxyl groups is 1. The van der Waals surface area contributed by atoms with Crippen LogP contribution in [0.3, 0.4) is 0 Å². The van der Waals surface area contributed by atoms with Crippen molar-refractivity contribution in [2.45, 2.75) is 44.6 Å². The molecule has 4 rings (SSSR count). The number of alkyl halides is 2. The van der Waals surface area contributed by atoms with Gasteiger partial charge in [-0.2, -0.15) is 8.78 Å². The number of hydrogen-bond donors (Lipinski definition) is 2. The van der Waals surface area contributed by atoms with Gasteiger partial charge in [-0.1, -0.05) is 11.6 Å². The van der Waals surface area contributed by atoms with E-state index >= 15 is 0 Å². The number of carbonyl (C=O) groups is 1. The van der Waals surface area contributed by atoms with Crippen LogP contribution in [0.5, 0.6) is 5.75 Å². The van der Waals surface area contributed by atoms with Crippen molar-refractivity contribution in [1.29, 1.82) is 0 Å². The Labute approximate surface area is 189 Å². The van der Waals surface area contributed by atoms with E-state index in [9.17, 15) is 18.7 Å². The van der Waals surface area contributed by atoms with Crippen LogP contribution in [-0.4, -0.2) is 59.9 Å². The minimum atomic E-state index is -2.98. The molecule has 1 aliphatic heterocycles. The van der Waals surface area contributed by atoms with Gasteiger partial charge in [-0.05, 0) is 37.8 Å². The fourth-order valence-electron chi connectivity index (χ4n) is 4.35. The maximum Gasteiger partial charge on any atom is 0.387 e. The summed E-state index contributed by atoms with van der Waals surface area (Å²) in [6.07, 6.45) is 3.68. The molecule has 2 N–H and O–H groups in total. The number of carbonyl (C=O) groups excluding carboxylic acids is 1. The molecular weight excluding hydrogens is 444 g/mol. The van der Waals surface area contributed by atoms with Gasteiger partial charge in [0.15, 0.2) is 0 Å². The highest BCUT2D eigenvalue weighted by atomic mass is 35.5. The largest absolute Gasteiger partial charge is 0.433 e. The van der Waals surface area contributed by atoms with Crippen molar-refractivity contribution in [3.8, 4) is 5.75 Å². The minimum absolute atomic E-state index is 0.0254. The molecule has 2 fully saturated rings. The number of aromatic nitrogens is 1. The molecule has 2 aliphatic rings. The first-order valence-electron chi connectivity index (χ1n) is 10.8. The number of amides is 1. The van der Waals surface area contributed by atoms with E-state index in [1.165, 1.54) is 18.3 Å². The normalized spacial score (nSPS) is 22.8. The van der Waals surface area contributed by atoms with Crippen molar-refractivity contribution >= 4 is 28.4 Å². The van der Waals surface area contributed by atoms with Crippen molar-refractivity contribution in [3.05, 3.63) is 35.0 Å². The molecule has 1 atom stereocenters. The molecule has 1 aromatic heterocycles. The molecule has 0 bridgehead atoms. The molecule has 1 aliphatic carbocycles. The Morgan fingerprint density at radius 2 is 1.94 bits per heavy atom. The Morgan fingerprint density at radius 3 is 2.62 bits per heavy atom. The van der Waals surface area contributed by atoms with Crippen LogP contribution >= 0.6 is 11.6 Å². The number of nitrogens with one attached hydrogen (secondary N) is 1. The first-order valence-corrected chi connectivity index (χ1v) is 11.1. The van der Waals surface area contributed by atoms with Crippen LogP contribution in [0.4, 0.5) is 8.78 Å². The van der Waals surface area contributed by atoms with Gasteiger partial charge in [0, 0.05) is 48.3 Å².